The molecule has 1 fully saturated rings. The van der Waals surface area contributed by atoms with Gasteiger partial charge in [0.25, 0.3) is 11.6 Å². The van der Waals surface area contributed by atoms with Gasteiger partial charge in [-0.3, -0.25) is 14.9 Å². The second kappa shape index (κ2) is 8.86. The lowest BCUT2D eigenvalue weighted by Crippen LogP contribution is -2.25. The van der Waals surface area contributed by atoms with E-state index in [1.165, 1.54) is 42.3 Å². The van der Waals surface area contributed by atoms with E-state index in [1.54, 1.807) is 0 Å². The summed E-state index contributed by atoms with van der Waals surface area (Å²) in [6.45, 7) is 2.69. The molecule has 0 aromatic heterocycles. The second-order valence-electron chi connectivity index (χ2n) is 6.64. The summed E-state index contributed by atoms with van der Waals surface area (Å²) in [6.07, 6.45) is 4.10. The molecule has 1 N–H and O–H groups in total. The molecule has 1 saturated heterocycles. The van der Waals surface area contributed by atoms with Crippen LogP contribution in [0.2, 0.25) is 5.02 Å². The predicted molar refractivity (Wildman–Crippen MR) is 107 cm³/mol. The minimum Gasteiger partial charge on any atom is -0.372 e. The molecule has 6 nitrogen and oxygen atoms in total. The van der Waals surface area contributed by atoms with E-state index in [0.29, 0.717) is 11.6 Å². The van der Waals surface area contributed by atoms with Crippen LogP contribution in [-0.4, -0.2) is 30.5 Å². The van der Waals surface area contributed by atoms with E-state index < -0.39 is 10.8 Å². The molecule has 2 aromatic carbocycles. The van der Waals surface area contributed by atoms with Gasteiger partial charge in [0.15, 0.2) is 0 Å². The van der Waals surface area contributed by atoms with Gasteiger partial charge in [-0.1, -0.05) is 23.7 Å². The third-order valence-corrected chi connectivity index (χ3v) is 4.97. The van der Waals surface area contributed by atoms with Crippen molar-refractivity contribution in [2.45, 2.75) is 25.7 Å². The summed E-state index contributed by atoms with van der Waals surface area (Å²) in [7, 11) is 0. The number of anilines is 1. The third-order valence-electron chi connectivity index (χ3n) is 4.74. The number of carbonyl (C=O) groups is 1. The van der Waals surface area contributed by atoms with E-state index in [1.807, 2.05) is 0 Å². The predicted octanol–water partition coefficient (Wildman–Crippen LogP) is 4.21. The fraction of sp³-hybridized carbons (Fsp3) is 0.350. The topological polar surface area (TPSA) is 75.5 Å². The first-order chi connectivity index (χ1) is 13.0. The van der Waals surface area contributed by atoms with Crippen molar-refractivity contribution in [3.63, 3.8) is 0 Å². The monoisotopic (exact) mass is 387 g/mol. The minimum absolute atomic E-state index is 0.0116. The fourth-order valence-corrected chi connectivity index (χ4v) is 3.46. The molecule has 0 radical (unpaired) electrons. The van der Waals surface area contributed by atoms with E-state index >= 15 is 0 Å². The molecule has 142 valence electrons. The average Bonchev–Trinajstić information content (AvgIpc) is 3.20. The average molecular weight is 388 g/mol. The van der Waals surface area contributed by atoms with Gasteiger partial charge in [0.05, 0.1) is 4.92 Å². The maximum Gasteiger partial charge on any atom is 0.282 e. The Morgan fingerprint density at radius 1 is 1.15 bits per heavy atom. The Labute approximate surface area is 163 Å². The number of nitro benzene ring substituents is 1. The maximum atomic E-state index is 12.2. The maximum absolute atomic E-state index is 12.2. The molecule has 0 unspecified atom stereocenters. The van der Waals surface area contributed by atoms with Crippen molar-refractivity contribution in [3.8, 4) is 0 Å². The highest BCUT2D eigenvalue weighted by molar-refractivity contribution is 6.31. The second-order valence-corrected chi connectivity index (χ2v) is 7.08. The molecule has 0 saturated carbocycles. The summed E-state index contributed by atoms with van der Waals surface area (Å²) >= 11 is 5.86. The van der Waals surface area contributed by atoms with Crippen LogP contribution < -0.4 is 10.2 Å². The van der Waals surface area contributed by atoms with Crippen molar-refractivity contribution < 1.29 is 9.72 Å². The summed E-state index contributed by atoms with van der Waals surface area (Å²) in [5.74, 6) is -0.478. The number of aryl methyl sites for hydroxylation is 1. The lowest BCUT2D eigenvalue weighted by Gasteiger charge is -2.17. The van der Waals surface area contributed by atoms with E-state index in [2.05, 4.69) is 34.5 Å². The number of nitro groups is 1. The van der Waals surface area contributed by atoms with E-state index in [-0.39, 0.29) is 11.3 Å². The molecule has 1 amide bonds. The first-order valence-electron chi connectivity index (χ1n) is 9.10. The van der Waals surface area contributed by atoms with Crippen molar-refractivity contribution in [1.82, 2.24) is 5.32 Å². The molecule has 3 rings (SSSR count). The standard InChI is InChI=1S/C20H22ClN3O3/c21-16-7-10-19(24(26)27)18(14-16)20(25)22-11-3-4-15-5-8-17(9-6-15)23-12-1-2-13-23/h5-10,14H,1-4,11-13H2,(H,22,25). The SMILES string of the molecule is O=C(NCCCc1ccc(N2CCCC2)cc1)c1cc(Cl)ccc1[N+](=O)[O-]. The van der Waals surface area contributed by atoms with Gasteiger partial charge in [-0.2, -0.15) is 0 Å². The van der Waals surface area contributed by atoms with Crippen LogP contribution in [0.3, 0.4) is 0 Å². The Kier molecular flexibility index (Phi) is 6.29. The van der Waals surface area contributed by atoms with Crippen LogP contribution in [0.5, 0.6) is 0 Å². The summed E-state index contributed by atoms with van der Waals surface area (Å²) < 4.78 is 0. The molecule has 2 aromatic rings. The zero-order valence-corrected chi connectivity index (χ0v) is 15.7. The van der Waals surface area contributed by atoms with Gasteiger partial charge in [-0.25, -0.2) is 0 Å². The molecular formula is C20H22ClN3O3. The van der Waals surface area contributed by atoms with Gasteiger partial charge < -0.3 is 10.2 Å². The summed E-state index contributed by atoms with van der Waals surface area (Å²) in [5, 5.41) is 14.1. The Bertz CT molecular complexity index is 818. The number of hydrogen-bond acceptors (Lipinski definition) is 4. The Hall–Kier alpha value is -2.60. The third kappa shape index (κ3) is 4.98. The first-order valence-corrected chi connectivity index (χ1v) is 9.48. The molecular weight excluding hydrogens is 366 g/mol. The molecule has 27 heavy (non-hydrogen) atoms. The van der Waals surface area contributed by atoms with Gasteiger partial charge in [0.2, 0.25) is 0 Å². The lowest BCUT2D eigenvalue weighted by molar-refractivity contribution is -0.385. The van der Waals surface area contributed by atoms with E-state index in [0.717, 1.165) is 25.9 Å². The Balaban J connectivity index is 1.49. The van der Waals surface area contributed by atoms with Crippen molar-refractivity contribution in [2.24, 2.45) is 0 Å². The minimum atomic E-state index is -0.576. The Morgan fingerprint density at radius 2 is 1.85 bits per heavy atom. The smallest absolute Gasteiger partial charge is 0.282 e. The largest absolute Gasteiger partial charge is 0.372 e. The molecule has 7 heteroatoms. The zero-order chi connectivity index (χ0) is 19.2. The molecule has 1 aliphatic rings. The molecule has 1 heterocycles. The van der Waals surface area contributed by atoms with Crippen LogP contribution >= 0.6 is 11.6 Å². The van der Waals surface area contributed by atoms with Gasteiger partial charge in [-0.05, 0) is 55.5 Å². The first kappa shape index (κ1) is 19.2. The summed E-state index contributed by atoms with van der Waals surface area (Å²) in [5.41, 5.74) is 2.22. The Morgan fingerprint density at radius 3 is 2.52 bits per heavy atom. The molecule has 1 aliphatic heterocycles. The van der Waals surface area contributed by atoms with Crippen LogP contribution in [0.15, 0.2) is 42.5 Å². The zero-order valence-electron chi connectivity index (χ0n) is 15.0. The van der Waals surface area contributed by atoms with Crippen molar-refractivity contribution in [1.29, 1.82) is 0 Å². The number of nitrogens with zero attached hydrogens (tertiary/aromatic N) is 2. The van der Waals surface area contributed by atoms with Crippen LogP contribution in [0.25, 0.3) is 0 Å². The van der Waals surface area contributed by atoms with E-state index in [4.69, 9.17) is 11.6 Å². The fourth-order valence-electron chi connectivity index (χ4n) is 3.29. The van der Waals surface area contributed by atoms with Crippen molar-refractivity contribution in [2.75, 3.05) is 24.5 Å². The number of rotatable bonds is 7. The van der Waals surface area contributed by atoms with Gasteiger partial charge in [-0.15, -0.1) is 0 Å². The van der Waals surface area contributed by atoms with Gasteiger partial charge >= 0.3 is 0 Å². The van der Waals surface area contributed by atoms with Gasteiger partial charge in [0.1, 0.15) is 5.56 Å². The summed E-state index contributed by atoms with van der Waals surface area (Å²) in [6, 6.07) is 12.5. The quantitative estimate of drug-likeness (QED) is 0.438. The number of benzene rings is 2. The molecule has 0 atom stereocenters. The normalized spacial score (nSPS) is 13.6. The van der Waals surface area contributed by atoms with Crippen LogP contribution in [0.4, 0.5) is 11.4 Å². The molecule has 0 aliphatic carbocycles. The highest BCUT2D eigenvalue weighted by Gasteiger charge is 2.20. The number of carbonyl (C=O) groups excluding carboxylic acids is 1. The number of hydrogen-bond donors (Lipinski definition) is 1. The molecule has 0 bridgehead atoms. The lowest BCUT2D eigenvalue weighted by atomic mass is 10.1. The summed E-state index contributed by atoms with van der Waals surface area (Å²) in [4.78, 5) is 25.1. The van der Waals surface area contributed by atoms with Gasteiger partial charge in [0, 0.05) is 36.4 Å². The van der Waals surface area contributed by atoms with Crippen LogP contribution in [0, 0.1) is 10.1 Å². The highest BCUT2D eigenvalue weighted by atomic mass is 35.5. The van der Waals surface area contributed by atoms with E-state index in [9.17, 15) is 14.9 Å². The number of halogens is 1. The van der Waals surface area contributed by atoms with Crippen molar-refractivity contribution >= 4 is 28.9 Å². The number of nitrogens with one attached hydrogen (secondary N) is 1. The van der Waals surface area contributed by atoms with Crippen LogP contribution in [-0.2, 0) is 6.42 Å². The molecule has 0 spiro atoms. The van der Waals surface area contributed by atoms with Crippen LogP contribution in [0.1, 0.15) is 35.2 Å². The highest BCUT2D eigenvalue weighted by Crippen LogP contribution is 2.23. The number of amides is 1. The van der Waals surface area contributed by atoms with Crippen molar-refractivity contribution in [3.05, 3.63) is 68.7 Å².